The van der Waals surface area contributed by atoms with E-state index in [9.17, 15) is 4.79 Å². The SMILES string of the molecule is COC(=O)c1cccc(Oc2cccc3nc(C#C[Si](C)(C)C)ccc23)c1. The number of rotatable bonds is 3. The van der Waals surface area contributed by atoms with Gasteiger partial charge in [0.15, 0.2) is 0 Å². The van der Waals surface area contributed by atoms with E-state index in [4.69, 9.17) is 9.47 Å². The summed E-state index contributed by atoms with van der Waals surface area (Å²) in [5, 5.41) is 0.888. The van der Waals surface area contributed by atoms with E-state index in [0.717, 1.165) is 16.6 Å². The largest absolute Gasteiger partial charge is 0.465 e. The summed E-state index contributed by atoms with van der Waals surface area (Å²) < 4.78 is 10.8. The number of methoxy groups -OCH3 is 1. The average molecular weight is 376 g/mol. The van der Waals surface area contributed by atoms with Crippen molar-refractivity contribution in [3.05, 3.63) is 65.9 Å². The fraction of sp³-hybridized carbons (Fsp3) is 0.182. The number of carbonyl (C=O) groups excluding carboxylic acids is 1. The predicted molar refractivity (Wildman–Crippen MR) is 110 cm³/mol. The van der Waals surface area contributed by atoms with Crippen molar-refractivity contribution < 1.29 is 14.3 Å². The first-order valence-corrected chi connectivity index (χ1v) is 12.1. The lowest BCUT2D eigenvalue weighted by Gasteiger charge is -2.10. The molecule has 0 bridgehead atoms. The maximum atomic E-state index is 11.7. The second-order valence-corrected chi connectivity index (χ2v) is 11.9. The zero-order chi connectivity index (χ0) is 19.4. The standard InChI is InChI=1S/C22H21NO3Si/c1-25-22(24)16-7-5-8-18(15-16)26-21-10-6-9-20-19(21)12-11-17(23-20)13-14-27(2,3)4/h5-12,15H,1-4H3. The lowest BCUT2D eigenvalue weighted by Crippen LogP contribution is -2.16. The predicted octanol–water partition coefficient (Wildman–Crippen LogP) is 5.04. The van der Waals surface area contributed by atoms with Gasteiger partial charge in [-0.05, 0) is 42.5 Å². The van der Waals surface area contributed by atoms with Crippen LogP contribution in [0.15, 0.2) is 54.6 Å². The molecule has 0 atom stereocenters. The highest BCUT2D eigenvalue weighted by Gasteiger charge is 2.10. The van der Waals surface area contributed by atoms with Crippen molar-refractivity contribution in [3.63, 3.8) is 0 Å². The van der Waals surface area contributed by atoms with Gasteiger partial charge in [-0.15, -0.1) is 5.54 Å². The average Bonchev–Trinajstić information content (AvgIpc) is 2.65. The molecule has 4 nitrogen and oxygen atoms in total. The molecule has 0 aliphatic carbocycles. The van der Waals surface area contributed by atoms with Crippen LogP contribution in [0, 0.1) is 11.5 Å². The van der Waals surface area contributed by atoms with Gasteiger partial charge in [0.1, 0.15) is 25.3 Å². The second kappa shape index (κ2) is 7.64. The van der Waals surface area contributed by atoms with Gasteiger partial charge in [-0.1, -0.05) is 37.7 Å². The molecule has 0 spiro atoms. The number of carbonyl (C=O) groups is 1. The number of esters is 1. The number of nitrogens with zero attached hydrogens (tertiary/aromatic N) is 1. The Bertz CT molecular complexity index is 1060. The lowest BCUT2D eigenvalue weighted by atomic mass is 10.1. The van der Waals surface area contributed by atoms with E-state index in [1.807, 2.05) is 30.3 Å². The molecule has 1 aromatic heterocycles. The normalized spacial score (nSPS) is 10.8. The number of hydrogen-bond donors (Lipinski definition) is 0. The van der Waals surface area contributed by atoms with Crippen molar-refractivity contribution in [2.24, 2.45) is 0 Å². The van der Waals surface area contributed by atoms with E-state index in [1.165, 1.54) is 7.11 Å². The van der Waals surface area contributed by atoms with Gasteiger partial charge in [-0.2, -0.15) is 0 Å². The van der Waals surface area contributed by atoms with E-state index in [-0.39, 0.29) is 0 Å². The minimum atomic E-state index is -1.45. The van der Waals surface area contributed by atoms with E-state index in [0.29, 0.717) is 17.1 Å². The van der Waals surface area contributed by atoms with Gasteiger partial charge in [0, 0.05) is 5.39 Å². The highest BCUT2D eigenvalue weighted by Crippen LogP contribution is 2.29. The maximum absolute atomic E-state index is 11.7. The monoisotopic (exact) mass is 375 g/mol. The Labute approximate surface area is 160 Å². The molecule has 27 heavy (non-hydrogen) atoms. The van der Waals surface area contributed by atoms with Gasteiger partial charge >= 0.3 is 5.97 Å². The van der Waals surface area contributed by atoms with Gasteiger partial charge in [0.05, 0.1) is 18.2 Å². The molecule has 3 aromatic rings. The molecule has 0 N–H and O–H groups in total. The molecule has 0 aliphatic rings. The van der Waals surface area contributed by atoms with Crippen molar-refractivity contribution >= 4 is 24.9 Å². The van der Waals surface area contributed by atoms with Crippen LogP contribution in [0.5, 0.6) is 11.5 Å². The second-order valence-electron chi connectivity index (χ2n) is 7.14. The Balaban J connectivity index is 1.94. The molecule has 0 aliphatic heterocycles. The van der Waals surface area contributed by atoms with Crippen molar-refractivity contribution in [2.75, 3.05) is 7.11 Å². The zero-order valence-corrected chi connectivity index (χ0v) is 16.9. The molecule has 3 rings (SSSR count). The maximum Gasteiger partial charge on any atom is 0.337 e. The molecule has 0 saturated heterocycles. The molecule has 5 heteroatoms. The topological polar surface area (TPSA) is 48.4 Å². The van der Waals surface area contributed by atoms with Crippen LogP contribution >= 0.6 is 0 Å². The Morgan fingerprint density at radius 2 is 1.81 bits per heavy atom. The van der Waals surface area contributed by atoms with Crippen LogP contribution < -0.4 is 4.74 Å². The van der Waals surface area contributed by atoms with Gasteiger partial charge in [-0.3, -0.25) is 0 Å². The molecular formula is C22H21NO3Si. The zero-order valence-electron chi connectivity index (χ0n) is 15.9. The molecule has 0 unspecified atom stereocenters. The summed E-state index contributed by atoms with van der Waals surface area (Å²) in [6, 6.07) is 16.5. The van der Waals surface area contributed by atoms with Crippen LogP contribution in [0.1, 0.15) is 16.1 Å². The molecule has 0 amide bonds. The number of benzene rings is 2. The Morgan fingerprint density at radius 3 is 2.56 bits per heavy atom. The van der Waals surface area contributed by atoms with Crippen molar-refractivity contribution in [2.45, 2.75) is 19.6 Å². The summed E-state index contributed by atoms with van der Waals surface area (Å²) in [6.45, 7) is 6.61. The fourth-order valence-corrected chi connectivity index (χ4v) is 2.97. The van der Waals surface area contributed by atoms with Crippen molar-refractivity contribution in [1.82, 2.24) is 4.98 Å². The highest BCUT2D eigenvalue weighted by molar-refractivity contribution is 6.83. The summed E-state index contributed by atoms with van der Waals surface area (Å²) in [4.78, 5) is 16.3. The van der Waals surface area contributed by atoms with Gasteiger partial charge in [0.2, 0.25) is 0 Å². The van der Waals surface area contributed by atoms with E-state index >= 15 is 0 Å². The third-order valence-electron chi connectivity index (χ3n) is 3.74. The Kier molecular flexibility index (Phi) is 5.29. The number of hydrogen-bond acceptors (Lipinski definition) is 4. The van der Waals surface area contributed by atoms with Crippen LogP contribution in [0.25, 0.3) is 10.9 Å². The summed E-state index contributed by atoms with van der Waals surface area (Å²) >= 11 is 0. The third kappa shape index (κ3) is 4.75. The van der Waals surface area contributed by atoms with Gasteiger partial charge in [0.25, 0.3) is 0 Å². The smallest absolute Gasteiger partial charge is 0.337 e. The van der Waals surface area contributed by atoms with Crippen LogP contribution in [-0.4, -0.2) is 26.1 Å². The first-order chi connectivity index (χ1) is 12.9. The van der Waals surface area contributed by atoms with Crippen LogP contribution in [-0.2, 0) is 4.74 Å². The summed E-state index contributed by atoms with van der Waals surface area (Å²) in [6.07, 6.45) is 0. The van der Waals surface area contributed by atoms with Crippen molar-refractivity contribution in [3.8, 4) is 23.0 Å². The molecule has 0 fully saturated rings. The van der Waals surface area contributed by atoms with E-state index < -0.39 is 14.0 Å². The van der Waals surface area contributed by atoms with E-state index in [2.05, 4.69) is 36.1 Å². The van der Waals surface area contributed by atoms with Gasteiger partial charge < -0.3 is 9.47 Å². The molecule has 0 saturated carbocycles. The molecular weight excluding hydrogens is 354 g/mol. The molecule has 1 heterocycles. The summed E-state index contributed by atoms with van der Waals surface area (Å²) in [7, 11) is -0.0949. The molecule has 0 radical (unpaired) electrons. The first kappa shape index (κ1) is 18.7. The minimum absolute atomic E-state index is 0.398. The lowest BCUT2D eigenvalue weighted by molar-refractivity contribution is 0.0600. The molecule has 2 aromatic carbocycles. The van der Waals surface area contributed by atoms with Crippen LogP contribution in [0.4, 0.5) is 0 Å². The Hall–Kier alpha value is -3.10. The Morgan fingerprint density at radius 1 is 1.04 bits per heavy atom. The summed E-state index contributed by atoms with van der Waals surface area (Å²) in [5.74, 6) is 4.02. The van der Waals surface area contributed by atoms with E-state index in [1.54, 1.807) is 24.3 Å². The van der Waals surface area contributed by atoms with Gasteiger partial charge in [-0.25, -0.2) is 9.78 Å². The summed E-state index contributed by atoms with van der Waals surface area (Å²) in [5.41, 5.74) is 5.35. The van der Waals surface area contributed by atoms with Crippen molar-refractivity contribution in [1.29, 1.82) is 0 Å². The number of fused-ring (bicyclic) bond motifs is 1. The fourth-order valence-electron chi connectivity index (χ4n) is 2.47. The number of ether oxygens (including phenoxy) is 2. The van der Waals surface area contributed by atoms with Crippen LogP contribution in [0.3, 0.4) is 0 Å². The highest BCUT2D eigenvalue weighted by atomic mass is 28.3. The quantitative estimate of drug-likeness (QED) is 0.365. The van der Waals surface area contributed by atoms with Crippen LogP contribution in [0.2, 0.25) is 19.6 Å². The molecule has 136 valence electrons. The third-order valence-corrected chi connectivity index (χ3v) is 4.62. The number of aromatic nitrogens is 1. The first-order valence-electron chi connectivity index (χ1n) is 8.65. The minimum Gasteiger partial charge on any atom is -0.465 e. The number of pyridine rings is 1.